The summed E-state index contributed by atoms with van der Waals surface area (Å²) in [6, 6.07) is 8.04. The van der Waals surface area contributed by atoms with Gasteiger partial charge in [-0.05, 0) is 12.5 Å². The fraction of sp³-hybridized carbons (Fsp3) is 0.286. The molecule has 0 amide bonds. The third kappa shape index (κ3) is 2.65. The molecule has 2 rings (SSSR count). The molecular weight excluding hydrogens is 228 g/mol. The van der Waals surface area contributed by atoms with Gasteiger partial charge in [0.2, 0.25) is 0 Å². The summed E-state index contributed by atoms with van der Waals surface area (Å²) in [5, 5.41) is 0. The van der Waals surface area contributed by atoms with E-state index < -0.39 is 0 Å². The second kappa shape index (κ2) is 5.60. The molecule has 0 radical (unpaired) electrons. The van der Waals surface area contributed by atoms with Crippen LogP contribution in [0.15, 0.2) is 36.7 Å². The lowest BCUT2D eigenvalue weighted by molar-refractivity contribution is 0.119. The molecule has 1 aromatic heterocycles. The lowest BCUT2D eigenvalue weighted by Gasteiger charge is -2.10. The van der Waals surface area contributed by atoms with Crippen molar-refractivity contribution in [3.63, 3.8) is 0 Å². The Kier molecular flexibility index (Phi) is 3.89. The van der Waals surface area contributed by atoms with E-state index in [1.54, 1.807) is 26.6 Å². The Morgan fingerprint density at radius 3 is 2.11 bits per heavy atom. The number of ether oxygens (including phenoxy) is 2. The highest BCUT2D eigenvalue weighted by atomic mass is 16.5. The molecule has 1 atom stereocenters. The number of rotatable bonds is 4. The van der Waals surface area contributed by atoms with E-state index in [2.05, 4.69) is 9.97 Å². The standard InChI is InChI=1S/C14H16N2O2/c1-10(17-2)11-4-6-12(7-5-11)14-15-8-13(18-3)9-16-14/h4-10H,1-3H3. The highest BCUT2D eigenvalue weighted by Crippen LogP contribution is 2.21. The van der Waals surface area contributed by atoms with Gasteiger partial charge in [-0.15, -0.1) is 0 Å². The molecule has 0 saturated carbocycles. The molecule has 4 heteroatoms. The van der Waals surface area contributed by atoms with Crippen molar-refractivity contribution in [3.8, 4) is 17.1 Å². The van der Waals surface area contributed by atoms with Crippen molar-refractivity contribution in [3.05, 3.63) is 42.2 Å². The molecular formula is C14H16N2O2. The van der Waals surface area contributed by atoms with E-state index in [1.165, 1.54) is 0 Å². The van der Waals surface area contributed by atoms with Gasteiger partial charge in [-0.1, -0.05) is 24.3 Å². The summed E-state index contributed by atoms with van der Waals surface area (Å²) in [6.07, 6.45) is 3.41. The summed E-state index contributed by atoms with van der Waals surface area (Å²) >= 11 is 0. The van der Waals surface area contributed by atoms with Gasteiger partial charge < -0.3 is 9.47 Å². The highest BCUT2D eigenvalue weighted by molar-refractivity contribution is 5.55. The number of hydrogen-bond acceptors (Lipinski definition) is 4. The summed E-state index contributed by atoms with van der Waals surface area (Å²) < 4.78 is 10.3. The van der Waals surface area contributed by atoms with E-state index >= 15 is 0 Å². The average molecular weight is 244 g/mol. The molecule has 0 fully saturated rings. The van der Waals surface area contributed by atoms with Crippen molar-refractivity contribution in [2.24, 2.45) is 0 Å². The number of benzene rings is 1. The van der Waals surface area contributed by atoms with Crippen LogP contribution in [-0.4, -0.2) is 24.2 Å². The molecule has 0 saturated heterocycles. The zero-order valence-electron chi connectivity index (χ0n) is 10.8. The molecule has 1 heterocycles. The maximum atomic E-state index is 5.26. The second-order valence-electron chi connectivity index (χ2n) is 3.95. The summed E-state index contributed by atoms with van der Waals surface area (Å²) in [5.41, 5.74) is 2.11. The zero-order chi connectivity index (χ0) is 13.0. The van der Waals surface area contributed by atoms with E-state index in [9.17, 15) is 0 Å². The fourth-order valence-corrected chi connectivity index (χ4v) is 1.61. The van der Waals surface area contributed by atoms with Gasteiger partial charge in [0.1, 0.15) is 0 Å². The number of methoxy groups -OCH3 is 2. The topological polar surface area (TPSA) is 44.2 Å². The minimum Gasteiger partial charge on any atom is -0.494 e. The van der Waals surface area contributed by atoms with Gasteiger partial charge in [0, 0.05) is 12.7 Å². The maximum absolute atomic E-state index is 5.26. The first-order valence-electron chi connectivity index (χ1n) is 5.73. The Bertz CT molecular complexity index is 494. The third-order valence-electron chi connectivity index (χ3n) is 2.86. The summed E-state index contributed by atoms with van der Waals surface area (Å²) in [5.74, 6) is 1.34. The molecule has 0 aliphatic rings. The van der Waals surface area contributed by atoms with Crippen LogP contribution in [0.1, 0.15) is 18.6 Å². The van der Waals surface area contributed by atoms with Crippen molar-refractivity contribution in [2.75, 3.05) is 14.2 Å². The fourth-order valence-electron chi connectivity index (χ4n) is 1.61. The van der Waals surface area contributed by atoms with Crippen LogP contribution in [0.3, 0.4) is 0 Å². The van der Waals surface area contributed by atoms with Crippen molar-refractivity contribution < 1.29 is 9.47 Å². The first-order valence-corrected chi connectivity index (χ1v) is 5.73. The molecule has 0 N–H and O–H groups in total. The largest absolute Gasteiger partial charge is 0.494 e. The lowest BCUT2D eigenvalue weighted by Crippen LogP contribution is -1.96. The Morgan fingerprint density at radius 1 is 1.00 bits per heavy atom. The van der Waals surface area contributed by atoms with E-state index in [4.69, 9.17) is 9.47 Å². The molecule has 0 aliphatic carbocycles. The SMILES string of the molecule is COc1cnc(-c2ccc(C(C)OC)cc2)nc1. The third-order valence-corrected chi connectivity index (χ3v) is 2.86. The zero-order valence-corrected chi connectivity index (χ0v) is 10.8. The Balaban J connectivity index is 2.22. The molecule has 2 aromatic rings. The number of aromatic nitrogens is 2. The van der Waals surface area contributed by atoms with E-state index in [0.717, 1.165) is 11.1 Å². The van der Waals surface area contributed by atoms with E-state index in [0.29, 0.717) is 11.6 Å². The van der Waals surface area contributed by atoms with Crippen LogP contribution in [0.25, 0.3) is 11.4 Å². The van der Waals surface area contributed by atoms with Gasteiger partial charge in [-0.3, -0.25) is 0 Å². The summed E-state index contributed by atoms with van der Waals surface area (Å²) in [7, 11) is 3.30. The predicted octanol–water partition coefficient (Wildman–Crippen LogP) is 2.86. The quantitative estimate of drug-likeness (QED) is 0.829. The molecule has 1 aromatic carbocycles. The Labute approximate surface area is 107 Å². The van der Waals surface area contributed by atoms with Crippen molar-refractivity contribution in [1.29, 1.82) is 0 Å². The normalized spacial score (nSPS) is 12.2. The monoisotopic (exact) mass is 244 g/mol. The van der Waals surface area contributed by atoms with Crippen LogP contribution in [0.5, 0.6) is 5.75 Å². The van der Waals surface area contributed by atoms with Crippen molar-refractivity contribution in [1.82, 2.24) is 9.97 Å². The summed E-state index contributed by atoms with van der Waals surface area (Å²) in [6.45, 7) is 2.01. The summed E-state index contributed by atoms with van der Waals surface area (Å²) in [4.78, 5) is 8.49. The Hall–Kier alpha value is -1.94. The van der Waals surface area contributed by atoms with Gasteiger partial charge in [0.25, 0.3) is 0 Å². The van der Waals surface area contributed by atoms with Crippen molar-refractivity contribution >= 4 is 0 Å². The number of nitrogens with zero attached hydrogens (tertiary/aromatic N) is 2. The van der Waals surface area contributed by atoms with Crippen LogP contribution in [-0.2, 0) is 4.74 Å². The maximum Gasteiger partial charge on any atom is 0.159 e. The van der Waals surface area contributed by atoms with Crippen LogP contribution >= 0.6 is 0 Å². The van der Waals surface area contributed by atoms with Gasteiger partial charge in [-0.25, -0.2) is 9.97 Å². The van der Waals surface area contributed by atoms with Crippen LogP contribution in [0.4, 0.5) is 0 Å². The molecule has 18 heavy (non-hydrogen) atoms. The minimum absolute atomic E-state index is 0.0934. The van der Waals surface area contributed by atoms with E-state index in [1.807, 2.05) is 31.2 Å². The van der Waals surface area contributed by atoms with Crippen molar-refractivity contribution in [2.45, 2.75) is 13.0 Å². The highest BCUT2D eigenvalue weighted by Gasteiger charge is 2.05. The lowest BCUT2D eigenvalue weighted by atomic mass is 10.1. The molecule has 4 nitrogen and oxygen atoms in total. The smallest absolute Gasteiger partial charge is 0.159 e. The molecule has 0 aliphatic heterocycles. The van der Waals surface area contributed by atoms with Gasteiger partial charge in [-0.2, -0.15) is 0 Å². The van der Waals surface area contributed by atoms with Crippen LogP contribution < -0.4 is 4.74 Å². The molecule has 1 unspecified atom stereocenters. The first kappa shape index (κ1) is 12.5. The second-order valence-corrected chi connectivity index (χ2v) is 3.95. The van der Waals surface area contributed by atoms with Gasteiger partial charge in [0.05, 0.1) is 25.6 Å². The Morgan fingerprint density at radius 2 is 1.61 bits per heavy atom. The average Bonchev–Trinajstić information content (AvgIpc) is 2.47. The molecule has 0 bridgehead atoms. The number of hydrogen-bond donors (Lipinski definition) is 0. The predicted molar refractivity (Wildman–Crippen MR) is 69.4 cm³/mol. The van der Waals surface area contributed by atoms with Gasteiger partial charge in [0.15, 0.2) is 11.6 Å². The minimum atomic E-state index is 0.0934. The van der Waals surface area contributed by atoms with Crippen LogP contribution in [0, 0.1) is 0 Å². The first-order chi connectivity index (χ1) is 8.74. The molecule has 0 spiro atoms. The van der Waals surface area contributed by atoms with Crippen LogP contribution in [0.2, 0.25) is 0 Å². The molecule has 94 valence electrons. The van der Waals surface area contributed by atoms with E-state index in [-0.39, 0.29) is 6.10 Å². The van der Waals surface area contributed by atoms with Gasteiger partial charge >= 0.3 is 0 Å².